The summed E-state index contributed by atoms with van der Waals surface area (Å²) in [5, 5.41) is 5.85. The van der Waals surface area contributed by atoms with Gasteiger partial charge in [-0.3, -0.25) is 4.79 Å². The Bertz CT molecular complexity index is 863. The molecule has 1 aliphatic carbocycles. The van der Waals surface area contributed by atoms with Crippen molar-refractivity contribution < 1.29 is 4.79 Å². The molecular formula is C18H17ClN2OS. The number of aromatic nitrogens is 1. The summed E-state index contributed by atoms with van der Waals surface area (Å²) in [6, 6.07) is 11.9. The Morgan fingerprint density at radius 2 is 2.17 bits per heavy atom. The first-order chi connectivity index (χ1) is 11.2. The third-order valence-electron chi connectivity index (χ3n) is 4.23. The lowest BCUT2D eigenvalue weighted by atomic mass is 10.2. The number of nitrogens with one attached hydrogen (secondary N) is 1. The van der Waals surface area contributed by atoms with Crippen molar-refractivity contribution >= 4 is 39.1 Å². The first kappa shape index (κ1) is 14.8. The Labute approximate surface area is 143 Å². The molecule has 1 aliphatic rings. The molecule has 3 aromatic rings. The van der Waals surface area contributed by atoms with Crippen molar-refractivity contribution in [2.75, 3.05) is 6.54 Å². The van der Waals surface area contributed by atoms with E-state index in [2.05, 4.69) is 21.3 Å². The average molecular weight is 345 g/mol. The van der Waals surface area contributed by atoms with E-state index in [9.17, 15) is 4.79 Å². The first-order valence-corrected chi connectivity index (χ1v) is 9.06. The van der Waals surface area contributed by atoms with E-state index in [0.717, 1.165) is 33.0 Å². The molecule has 2 heterocycles. The van der Waals surface area contributed by atoms with E-state index >= 15 is 0 Å². The Morgan fingerprint density at radius 3 is 2.96 bits per heavy atom. The molecule has 3 nitrogen and oxygen atoms in total. The maximum Gasteiger partial charge on any atom is 0.267 e. The molecule has 0 atom stereocenters. The molecule has 1 aromatic carbocycles. The van der Waals surface area contributed by atoms with E-state index in [-0.39, 0.29) is 5.91 Å². The van der Waals surface area contributed by atoms with Crippen LogP contribution in [0.2, 0.25) is 5.02 Å². The zero-order valence-electron chi connectivity index (χ0n) is 12.6. The van der Waals surface area contributed by atoms with Crippen molar-refractivity contribution in [3.63, 3.8) is 0 Å². The number of hydrogen-bond acceptors (Lipinski definition) is 2. The fraction of sp³-hybridized carbons (Fsp3) is 0.278. The Balaban J connectivity index is 1.66. The lowest BCUT2D eigenvalue weighted by Crippen LogP contribution is -2.27. The molecule has 2 aromatic heterocycles. The van der Waals surface area contributed by atoms with Gasteiger partial charge in [-0.15, -0.1) is 11.3 Å². The van der Waals surface area contributed by atoms with Gasteiger partial charge in [0.1, 0.15) is 5.69 Å². The quantitative estimate of drug-likeness (QED) is 0.724. The van der Waals surface area contributed by atoms with Gasteiger partial charge in [0, 0.05) is 18.1 Å². The third-order valence-corrected chi connectivity index (χ3v) is 5.32. The van der Waals surface area contributed by atoms with E-state index < -0.39 is 0 Å². The molecule has 0 unspecified atom stereocenters. The summed E-state index contributed by atoms with van der Waals surface area (Å²) in [6.45, 7) is 1.43. The molecule has 0 spiro atoms. The minimum atomic E-state index is 0.0160. The van der Waals surface area contributed by atoms with Crippen molar-refractivity contribution in [3.05, 3.63) is 58.1 Å². The van der Waals surface area contributed by atoms with Gasteiger partial charge in [-0.2, -0.15) is 0 Å². The summed E-state index contributed by atoms with van der Waals surface area (Å²) in [5.74, 6) is 0.693. The van der Waals surface area contributed by atoms with Gasteiger partial charge in [0.2, 0.25) is 0 Å². The number of carbonyl (C=O) groups excluding carboxylic acids is 1. The van der Waals surface area contributed by atoms with Crippen LogP contribution in [0.15, 0.2) is 41.8 Å². The monoisotopic (exact) mass is 344 g/mol. The molecule has 118 valence electrons. The summed E-state index contributed by atoms with van der Waals surface area (Å²) in [7, 11) is 0. The summed E-state index contributed by atoms with van der Waals surface area (Å²) >= 11 is 7.75. The van der Waals surface area contributed by atoms with Crippen LogP contribution in [0.5, 0.6) is 0 Å². The largest absolute Gasteiger partial charge is 0.350 e. The molecule has 23 heavy (non-hydrogen) atoms. The Hall–Kier alpha value is -1.78. The van der Waals surface area contributed by atoms with Crippen LogP contribution in [-0.2, 0) is 6.54 Å². The second kappa shape index (κ2) is 6.02. The normalized spacial score (nSPS) is 14.3. The zero-order valence-corrected chi connectivity index (χ0v) is 14.2. The molecule has 0 bridgehead atoms. The highest BCUT2D eigenvalue weighted by Crippen LogP contribution is 2.29. The van der Waals surface area contributed by atoms with Gasteiger partial charge in [-0.1, -0.05) is 23.7 Å². The number of carbonyl (C=O) groups is 1. The molecule has 0 saturated heterocycles. The van der Waals surface area contributed by atoms with Crippen LogP contribution in [0.1, 0.15) is 28.9 Å². The van der Waals surface area contributed by atoms with Crippen molar-refractivity contribution in [3.8, 4) is 0 Å². The number of thiophene rings is 1. The molecular weight excluding hydrogens is 328 g/mol. The van der Waals surface area contributed by atoms with Crippen LogP contribution >= 0.6 is 22.9 Å². The van der Waals surface area contributed by atoms with Crippen molar-refractivity contribution in [1.29, 1.82) is 0 Å². The lowest BCUT2D eigenvalue weighted by molar-refractivity contribution is 0.0943. The topological polar surface area (TPSA) is 34.0 Å². The third kappa shape index (κ3) is 3.14. The smallest absolute Gasteiger partial charge is 0.267 e. The van der Waals surface area contributed by atoms with Gasteiger partial charge >= 0.3 is 0 Å². The summed E-state index contributed by atoms with van der Waals surface area (Å²) < 4.78 is 3.23. The van der Waals surface area contributed by atoms with Gasteiger partial charge in [0.05, 0.1) is 10.2 Å². The lowest BCUT2D eigenvalue weighted by Gasteiger charge is -2.11. The summed E-state index contributed by atoms with van der Waals surface area (Å²) in [5.41, 5.74) is 2.93. The van der Waals surface area contributed by atoms with Crippen LogP contribution in [0.4, 0.5) is 0 Å². The van der Waals surface area contributed by atoms with E-state index in [1.165, 1.54) is 12.8 Å². The van der Waals surface area contributed by atoms with Crippen LogP contribution in [-0.4, -0.2) is 17.0 Å². The highest BCUT2D eigenvalue weighted by atomic mass is 35.5. The molecule has 1 saturated carbocycles. The number of amides is 1. The van der Waals surface area contributed by atoms with Crippen LogP contribution < -0.4 is 5.32 Å². The molecule has 5 heteroatoms. The summed E-state index contributed by atoms with van der Waals surface area (Å²) in [6.07, 6.45) is 2.47. The van der Waals surface area contributed by atoms with E-state index in [0.29, 0.717) is 12.5 Å². The van der Waals surface area contributed by atoms with Gasteiger partial charge in [-0.05, 0) is 54.0 Å². The molecule has 4 rings (SSSR count). The second-order valence-corrected chi connectivity index (χ2v) is 7.45. The number of halogens is 1. The molecule has 0 radical (unpaired) electrons. The first-order valence-electron chi connectivity index (χ1n) is 7.80. The fourth-order valence-electron chi connectivity index (χ4n) is 2.80. The predicted molar refractivity (Wildman–Crippen MR) is 95.4 cm³/mol. The number of fused-ring (bicyclic) bond motifs is 1. The maximum absolute atomic E-state index is 12.6. The van der Waals surface area contributed by atoms with Gasteiger partial charge in [-0.25, -0.2) is 0 Å². The predicted octanol–water partition coefficient (Wildman–Crippen LogP) is 4.54. The second-order valence-electron chi connectivity index (χ2n) is 6.07. The Kier molecular flexibility index (Phi) is 3.87. The highest BCUT2D eigenvalue weighted by molar-refractivity contribution is 7.17. The fourth-order valence-corrected chi connectivity index (χ4v) is 3.84. The maximum atomic E-state index is 12.6. The van der Waals surface area contributed by atoms with E-state index in [1.807, 2.05) is 30.3 Å². The molecule has 1 amide bonds. The summed E-state index contributed by atoms with van der Waals surface area (Å²) in [4.78, 5) is 12.6. The van der Waals surface area contributed by atoms with Crippen molar-refractivity contribution in [2.45, 2.75) is 19.4 Å². The van der Waals surface area contributed by atoms with Gasteiger partial charge < -0.3 is 9.88 Å². The number of nitrogens with zero attached hydrogens (tertiary/aromatic N) is 1. The SMILES string of the molecule is O=C(NCC1CC1)c1cc2sccc2n1Cc1cccc(Cl)c1. The van der Waals surface area contributed by atoms with Crippen molar-refractivity contribution in [2.24, 2.45) is 5.92 Å². The van der Waals surface area contributed by atoms with Crippen LogP contribution in [0, 0.1) is 5.92 Å². The van der Waals surface area contributed by atoms with Crippen LogP contribution in [0.25, 0.3) is 10.2 Å². The van der Waals surface area contributed by atoms with E-state index in [1.54, 1.807) is 11.3 Å². The van der Waals surface area contributed by atoms with Gasteiger partial charge in [0.25, 0.3) is 5.91 Å². The van der Waals surface area contributed by atoms with Crippen LogP contribution in [0.3, 0.4) is 0 Å². The molecule has 0 aliphatic heterocycles. The number of benzene rings is 1. The molecule has 1 N–H and O–H groups in total. The van der Waals surface area contributed by atoms with Crippen molar-refractivity contribution in [1.82, 2.24) is 9.88 Å². The number of rotatable bonds is 5. The average Bonchev–Trinajstić information content (AvgIpc) is 3.14. The minimum absolute atomic E-state index is 0.0160. The minimum Gasteiger partial charge on any atom is -0.350 e. The standard InChI is InChI=1S/C18H17ClN2OS/c19-14-3-1-2-13(8-14)11-21-15-6-7-23-17(15)9-16(21)18(22)20-10-12-4-5-12/h1-3,6-9,12H,4-5,10-11H2,(H,20,22). The Morgan fingerprint density at radius 1 is 1.30 bits per heavy atom. The zero-order chi connectivity index (χ0) is 15.8. The number of hydrogen-bond donors (Lipinski definition) is 1. The van der Waals surface area contributed by atoms with E-state index in [4.69, 9.17) is 11.6 Å². The highest BCUT2D eigenvalue weighted by Gasteiger charge is 2.23. The molecule has 1 fully saturated rings. The van der Waals surface area contributed by atoms with Gasteiger partial charge in [0.15, 0.2) is 0 Å².